The average molecular weight is 239 g/mol. The molecule has 1 rings (SSSR count). The van der Waals surface area contributed by atoms with Gasteiger partial charge >= 0.3 is 0 Å². The van der Waals surface area contributed by atoms with Crippen molar-refractivity contribution in [1.82, 2.24) is 4.37 Å². The molecule has 0 saturated heterocycles. The lowest BCUT2D eigenvalue weighted by atomic mass is 9.92. The zero-order valence-corrected chi connectivity index (χ0v) is 11.6. The van der Waals surface area contributed by atoms with Crippen molar-refractivity contribution in [2.45, 2.75) is 71.1 Å². The van der Waals surface area contributed by atoms with Gasteiger partial charge in [-0.25, -0.2) is 0 Å². The monoisotopic (exact) mass is 239 g/mol. The highest BCUT2D eigenvalue weighted by Gasteiger charge is 2.12. The predicted molar refractivity (Wildman–Crippen MR) is 73.1 cm³/mol. The molecule has 0 spiro atoms. The summed E-state index contributed by atoms with van der Waals surface area (Å²) in [5.41, 5.74) is 1.34. The molecular formula is C14H25NS. The molecular weight excluding hydrogens is 214 g/mol. The number of rotatable bonds is 9. The molecule has 1 aromatic heterocycles. The molecule has 0 aliphatic carbocycles. The highest BCUT2D eigenvalue weighted by molar-refractivity contribution is 7.03. The molecule has 0 N–H and O–H groups in total. The van der Waals surface area contributed by atoms with Crippen molar-refractivity contribution in [2.75, 3.05) is 0 Å². The van der Waals surface area contributed by atoms with Gasteiger partial charge in [0.2, 0.25) is 0 Å². The van der Waals surface area contributed by atoms with Crippen LogP contribution in [0.15, 0.2) is 11.4 Å². The van der Waals surface area contributed by atoms with Gasteiger partial charge < -0.3 is 0 Å². The largest absolute Gasteiger partial charge is 0.197 e. The summed E-state index contributed by atoms with van der Waals surface area (Å²) in [6, 6.07) is 2.21. The van der Waals surface area contributed by atoms with Crippen LogP contribution in [0.4, 0.5) is 0 Å². The number of aromatic nitrogens is 1. The average Bonchev–Trinajstić information content (AvgIpc) is 2.82. The summed E-state index contributed by atoms with van der Waals surface area (Å²) in [5, 5.41) is 2.11. The number of hydrogen-bond donors (Lipinski definition) is 0. The summed E-state index contributed by atoms with van der Waals surface area (Å²) in [4.78, 5) is 0. The van der Waals surface area contributed by atoms with Gasteiger partial charge in [-0.05, 0) is 30.4 Å². The van der Waals surface area contributed by atoms with Crippen LogP contribution in [0.5, 0.6) is 0 Å². The first kappa shape index (κ1) is 13.7. The van der Waals surface area contributed by atoms with Crippen molar-refractivity contribution >= 4 is 11.5 Å². The van der Waals surface area contributed by atoms with Gasteiger partial charge in [-0.1, -0.05) is 52.4 Å². The normalized spacial score (nSPS) is 12.9. The van der Waals surface area contributed by atoms with E-state index >= 15 is 0 Å². The Morgan fingerprint density at radius 3 is 2.44 bits per heavy atom. The molecule has 0 bridgehead atoms. The summed E-state index contributed by atoms with van der Waals surface area (Å²) < 4.78 is 4.51. The molecule has 0 aliphatic rings. The SMILES string of the molecule is CCCCCCC(CCCC)c1ccsn1. The first-order valence-corrected chi connectivity index (χ1v) is 7.62. The van der Waals surface area contributed by atoms with E-state index in [1.54, 1.807) is 11.5 Å². The molecule has 0 fully saturated rings. The Kier molecular flexibility index (Phi) is 7.48. The third kappa shape index (κ3) is 5.11. The molecule has 0 amide bonds. The minimum Gasteiger partial charge on any atom is -0.197 e. The lowest BCUT2D eigenvalue weighted by Gasteiger charge is -2.13. The Labute approximate surface area is 104 Å². The fraction of sp³-hybridized carbons (Fsp3) is 0.786. The number of hydrogen-bond acceptors (Lipinski definition) is 2. The first-order chi connectivity index (χ1) is 7.88. The maximum Gasteiger partial charge on any atom is 0.0573 e. The Balaban J connectivity index is 2.32. The molecule has 0 saturated carbocycles. The minimum atomic E-state index is 0.725. The Bertz CT molecular complexity index is 243. The molecule has 0 aromatic carbocycles. The molecule has 0 radical (unpaired) electrons. The summed E-state index contributed by atoms with van der Waals surface area (Å²) in [6.07, 6.45) is 10.8. The van der Waals surface area contributed by atoms with Crippen molar-refractivity contribution in [3.05, 3.63) is 17.1 Å². The van der Waals surface area contributed by atoms with Crippen LogP contribution >= 0.6 is 11.5 Å². The predicted octanol–water partition coefficient (Wildman–Crippen LogP) is 5.39. The van der Waals surface area contributed by atoms with Gasteiger partial charge in [0.25, 0.3) is 0 Å². The van der Waals surface area contributed by atoms with Crippen LogP contribution in [0.2, 0.25) is 0 Å². The second-order valence-electron chi connectivity index (χ2n) is 4.61. The van der Waals surface area contributed by atoms with E-state index in [0.29, 0.717) is 0 Å². The van der Waals surface area contributed by atoms with Crippen LogP contribution in [0, 0.1) is 0 Å². The zero-order valence-electron chi connectivity index (χ0n) is 10.7. The van der Waals surface area contributed by atoms with E-state index in [0.717, 1.165) is 5.92 Å². The molecule has 92 valence electrons. The summed E-state index contributed by atoms with van der Waals surface area (Å²) >= 11 is 1.60. The number of unbranched alkanes of at least 4 members (excludes halogenated alkanes) is 4. The van der Waals surface area contributed by atoms with Crippen LogP contribution in [0.25, 0.3) is 0 Å². The maximum absolute atomic E-state index is 4.51. The molecule has 1 aromatic rings. The van der Waals surface area contributed by atoms with Crippen molar-refractivity contribution in [1.29, 1.82) is 0 Å². The fourth-order valence-electron chi connectivity index (χ4n) is 2.14. The van der Waals surface area contributed by atoms with Gasteiger partial charge in [0.05, 0.1) is 5.69 Å². The van der Waals surface area contributed by atoms with E-state index in [4.69, 9.17) is 0 Å². The van der Waals surface area contributed by atoms with Gasteiger partial charge in [0.15, 0.2) is 0 Å². The van der Waals surface area contributed by atoms with Crippen molar-refractivity contribution < 1.29 is 0 Å². The van der Waals surface area contributed by atoms with E-state index in [2.05, 4.69) is 29.7 Å². The Morgan fingerprint density at radius 2 is 1.81 bits per heavy atom. The van der Waals surface area contributed by atoms with Crippen LogP contribution in [-0.2, 0) is 0 Å². The van der Waals surface area contributed by atoms with Crippen molar-refractivity contribution in [2.24, 2.45) is 0 Å². The highest BCUT2D eigenvalue weighted by Crippen LogP contribution is 2.27. The van der Waals surface area contributed by atoms with Crippen molar-refractivity contribution in [3.63, 3.8) is 0 Å². The molecule has 1 nitrogen and oxygen atoms in total. The summed E-state index contributed by atoms with van der Waals surface area (Å²) in [6.45, 7) is 4.55. The topological polar surface area (TPSA) is 12.9 Å². The van der Waals surface area contributed by atoms with E-state index in [1.807, 2.05) is 0 Å². The van der Waals surface area contributed by atoms with Crippen LogP contribution < -0.4 is 0 Å². The highest BCUT2D eigenvalue weighted by atomic mass is 32.1. The Morgan fingerprint density at radius 1 is 1.06 bits per heavy atom. The van der Waals surface area contributed by atoms with Gasteiger partial charge in [-0.15, -0.1) is 0 Å². The molecule has 2 heteroatoms. The van der Waals surface area contributed by atoms with Gasteiger partial charge in [0, 0.05) is 11.3 Å². The van der Waals surface area contributed by atoms with E-state index in [1.165, 1.54) is 57.1 Å². The third-order valence-corrected chi connectivity index (χ3v) is 3.76. The number of nitrogens with zero attached hydrogens (tertiary/aromatic N) is 1. The van der Waals surface area contributed by atoms with Crippen LogP contribution in [0.3, 0.4) is 0 Å². The maximum atomic E-state index is 4.51. The summed E-state index contributed by atoms with van der Waals surface area (Å²) in [7, 11) is 0. The van der Waals surface area contributed by atoms with Gasteiger partial charge in [-0.3, -0.25) is 0 Å². The molecule has 1 atom stereocenters. The second-order valence-corrected chi connectivity index (χ2v) is 5.28. The molecule has 1 heterocycles. The third-order valence-electron chi connectivity index (χ3n) is 3.19. The molecule has 1 unspecified atom stereocenters. The molecule has 16 heavy (non-hydrogen) atoms. The fourth-order valence-corrected chi connectivity index (χ4v) is 2.73. The van der Waals surface area contributed by atoms with E-state index in [9.17, 15) is 0 Å². The lowest BCUT2D eigenvalue weighted by molar-refractivity contribution is 0.503. The zero-order chi connectivity index (χ0) is 11.6. The standard InChI is InChI=1S/C14H25NS/c1-3-5-7-8-10-13(9-6-4-2)14-11-12-16-15-14/h11-13H,3-10H2,1-2H3. The lowest BCUT2D eigenvalue weighted by Crippen LogP contribution is -1.99. The smallest absolute Gasteiger partial charge is 0.0573 e. The van der Waals surface area contributed by atoms with Gasteiger partial charge in [-0.2, -0.15) is 4.37 Å². The van der Waals surface area contributed by atoms with Crippen molar-refractivity contribution in [3.8, 4) is 0 Å². The molecule has 0 aliphatic heterocycles. The first-order valence-electron chi connectivity index (χ1n) is 6.78. The van der Waals surface area contributed by atoms with Crippen LogP contribution in [0.1, 0.15) is 76.8 Å². The Hall–Kier alpha value is -0.370. The van der Waals surface area contributed by atoms with E-state index < -0.39 is 0 Å². The van der Waals surface area contributed by atoms with E-state index in [-0.39, 0.29) is 0 Å². The quantitative estimate of drug-likeness (QED) is 0.527. The minimum absolute atomic E-state index is 0.725. The second kappa shape index (κ2) is 8.74. The summed E-state index contributed by atoms with van der Waals surface area (Å²) in [5.74, 6) is 0.725. The van der Waals surface area contributed by atoms with Crippen LogP contribution in [-0.4, -0.2) is 4.37 Å². The van der Waals surface area contributed by atoms with Gasteiger partial charge in [0.1, 0.15) is 0 Å².